The maximum Gasteiger partial charge on any atom is 0 e. The molecule has 9 heteroatoms. The van der Waals surface area contributed by atoms with E-state index >= 15 is 0 Å². The molecular formula is H6F6Te3. The molecule has 0 aliphatic carbocycles. The van der Waals surface area contributed by atoms with Crippen LogP contribution >= 0.6 is 0 Å². The minimum Gasteiger partial charge on any atom is -0.269 e. The number of halogens is 6. The third-order valence-electron chi connectivity index (χ3n) is 0. The van der Waals surface area contributed by atoms with Gasteiger partial charge in [0.25, 0.3) is 0 Å². The molecule has 0 bridgehead atoms. The quantitative estimate of drug-likeness (QED) is 0.317. The van der Waals surface area contributed by atoms with Gasteiger partial charge in [-0.05, 0) is 0 Å². The Morgan fingerprint density at radius 1 is 0.222 bits per heavy atom. The number of hydrogen-bond donors (Lipinski definition) is 0. The molecule has 0 N–H and O–H groups in total. The molecule has 0 aliphatic heterocycles. The topological polar surface area (TPSA) is 0 Å². The minimum atomic E-state index is 0. The van der Waals surface area contributed by atoms with Gasteiger partial charge in [0, 0.05) is 71.0 Å². The summed E-state index contributed by atoms with van der Waals surface area (Å²) >= 11 is 0. The second-order valence-electron chi connectivity index (χ2n) is 0. The van der Waals surface area contributed by atoms with Gasteiger partial charge in [0.05, 0.1) is 0 Å². The Labute approximate surface area is 98.3 Å². The summed E-state index contributed by atoms with van der Waals surface area (Å²) in [5.41, 5.74) is 0. The molecule has 0 aromatic rings. The van der Waals surface area contributed by atoms with Gasteiger partial charge in [-0.2, -0.15) is 0 Å². The van der Waals surface area contributed by atoms with Crippen LogP contribution in [0.1, 0.15) is 0 Å². The maximum atomic E-state index is 0. The van der Waals surface area contributed by atoms with E-state index < -0.39 is 0 Å². The van der Waals surface area contributed by atoms with Crippen LogP contribution in [0.15, 0.2) is 0 Å². The fraction of sp³-hybridized carbons (Fsp3) is 0. The van der Waals surface area contributed by atoms with E-state index in [1.54, 1.807) is 0 Å². The second-order valence-corrected chi connectivity index (χ2v) is 0. The van der Waals surface area contributed by atoms with Crippen LogP contribution in [-0.4, -0.2) is 71.0 Å². The van der Waals surface area contributed by atoms with Gasteiger partial charge in [-0.1, -0.05) is 0 Å². The average Bonchev–Trinajstić information content (AvgIpc) is 0. The molecule has 6 radical (unpaired) electrons. The molecule has 0 aromatic carbocycles. The Morgan fingerprint density at radius 2 is 0.222 bits per heavy atom. The molecule has 0 saturated heterocycles. The Hall–Kier alpha value is 1.95. The molecule has 9 heavy (non-hydrogen) atoms. The van der Waals surface area contributed by atoms with Crippen molar-refractivity contribution in [2.24, 2.45) is 0 Å². The summed E-state index contributed by atoms with van der Waals surface area (Å²) in [4.78, 5) is 0. The van der Waals surface area contributed by atoms with Crippen molar-refractivity contribution in [1.29, 1.82) is 0 Å². The van der Waals surface area contributed by atoms with Crippen LogP contribution in [-0.2, 0) is 0 Å². The fourth-order valence-electron chi connectivity index (χ4n) is 0. The van der Waals surface area contributed by atoms with E-state index in [1.165, 1.54) is 0 Å². The first-order valence-corrected chi connectivity index (χ1v) is 0. The van der Waals surface area contributed by atoms with Crippen LogP contribution in [0.4, 0.5) is 28.2 Å². The van der Waals surface area contributed by atoms with E-state index in [4.69, 9.17) is 0 Å². The predicted molar refractivity (Wildman–Crippen MR) is 32.3 cm³/mol. The molecule has 0 aliphatic rings. The first-order valence-electron chi connectivity index (χ1n) is 0. The van der Waals surface area contributed by atoms with E-state index in [0.717, 1.165) is 0 Å². The summed E-state index contributed by atoms with van der Waals surface area (Å²) in [5.74, 6) is 0. The summed E-state index contributed by atoms with van der Waals surface area (Å²) in [6.07, 6.45) is 0. The summed E-state index contributed by atoms with van der Waals surface area (Å²) < 4.78 is 0. The molecule has 0 heterocycles. The summed E-state index contributed by atoms with van der Waals surface area (Å²) in [6.45, 7) is 0. The summed E-state index contributed by atoms with van der Waals surface area (Å²) in [7, 11) is 0. The molecule has 0 amide bonds. The van der Waals surface area contributed by atoms with Crippen molar-refractivity contribution in [3.63, 3.8) is 0 Å². The van der Waals surface area contributed by atoms with Crippen molar-refractivity contribution in [2.45, 2.75) is 0 Å². The molecule has 0 nitrogen and oxygen atoms in total. The first-order chi connectivity index (χ1) is 0. The monoisotopic (exact) mass is 510 g/mol. The van der Waals surface area contributed by atoms with Crippen molar-refractivity contribution in [2.75, 3.05) is 0 Å². The van der Waals surface area contributed by atoms with Crippen LogP contribution in [0.2, 0.25) is 0 Å². The summed E-state index contributed by atoms with van der Waals surface area (Å²) in [5, 5.41) is 0. The molecule has 0 unspecified atom stereocenters. The van der Waals surface area contributed by atoms with Gasteiger partial charge in [-0.25, -0.2) is 0 Å². The van der Waals surface area contributed by atoms with Gasteiger partial charge in [-0.15, -0.1) is 0 Å². The van der Waals surface area contributed by atoms with E-state index in [1.807, 2.05) is 0 Å². The van der Waals surface area contributed by atoms with Gasteiger partial charge < -0.3 is 0 Å². The van der Waals surface area contributed by atoms with Gasteiger partial charge in [0.2, 0.25) is 0 Å². The number of hydrogen-bond acceptors (Lipinski definition) is 0. The predicted octanol–water partition coefficient (Wildman–Crippen LogP) is -0.227. The van der Waals surface area contributed by atoms with Crippen LogP contribution < -0.4 is 0 Å². The molecule has 0 saturated carbocycles. The Morgan fingerprint density at radius 3 is 0.222 bits per heavy atom. The zero-order valence-corrected chi connectivity index (χ0v) is 10.7. The van der Waals surface area contributed by atoms with Gasteiger partial charge in [0.1, 0.15) is 0 Å². The first kappa shape index (κ1) is 285. The van der Waals surface area contributed by atoms with Gasteiger partial charge in [0.15, 0.2) is 0 Å². The van der Waals surface area contributed by atoms with E-state index in [2.05, 4.69) is 0 Å². The molecule has 0 atom stereocenters. The Balaban J connectivity index is 0. The molecule has 66 valence electrons. The van der Waals surface area contributed by atoms with E-state index in [0.29, 0.717) is 0 Å². The Kier molecular flexibility index (Phi) is 6650. The second kappa shape index (κ2) is 210. The van der Waals surface area contributed by atoms with Crippen molar-refractivity contribution in [1.82, 2.24) is 0 Å². The molecule has 0 fully saturated rings. The van der Waals surface area contributed by atoms with Crippen molar-refractivity contribution in [3.8, 4) is 0 Å². The number of rotatable bonds is 0. The molecule has 0 aromatic heterocycles. The van der Waals surface area contributed by atoms with Crippen molar-refractivity contribution < 1.29 is 28.2 Å². The maximum absolute atomic E-state index is 0. The zero-order chi connectivity index (χ0) is 0. The van der Waals surface area contributed by atoms with Crippen LogP contribution in [0, 0.1) is 0 Å². The van der Waals surface area contributed by atoms with E-state index in [9.17, 15) is 0 Å². The normalized spacial score (nSPS) is 0. The summed E-state index contributed by atoms with van der Waals surface area (Å²) in [6, 6.07) is 0. The minimum absolute atomic E-state index is 0. The van der Waals surface area contributed by atoms with E-state index in [-0.39, 0.29) is 99.2 Å². The standard InChI is InChI=1S/6FH.3Te/h6*1H;;;. The largest absolute Gasteiger partial charge is 0.269 e. The third kappa shape index (κ3) is 166. The van der Waals surface area contributed by atoms with Gasteiger partial charge in [-0.3, -0.25) is 28.2 Å². The zero-order valence-electron chi connectivity index (χ0n) is 3.67. The smallest absolute Gasteiger partial charge is 0 e. The molecule has 0 rings (SSSR count). The van der Waals surface area contributed by atoms with Crippen molar-refractivity contribution >= 4 is 71.0 Å². The SMILES string of the molecule is F.F.F.F.F.F.[Te].[Te].[Te]. The third-order valence-corrected chi connectivity index (χ3v) is 0. The van der Waals surface area contributed by atoms with Crippen LogP contribution in [0.25, 0.3) is 0 Å². The molecular weight excluding hydrogens is 497 g/mol. The fourth-order valence-corrected chi connectivity index (χ4v) is 0. The average molecular weight is 503 g/mol. The van der Waals surface area contributed by atoms with Crippen LogP contribution in [0.3, 0.4) is 0 Å². The van der Waals surface area contributed by atoms with Gasteiger partial charge >= 0.3 is 0 Å². The Bertz CT molecular complexity index is 8.26. The van der Waals surface area contributed by atoms with Crippen LogP contribution in [0.5, 0.6) is 0 Å². The molecule has 0 spiro atoms. The van der Waals surface area contributed by atoms with Crippen molar-refractivity contribution in [3.05, 3.63) is 0 Å².